The molecule has 1 aliphatic heterocycles. The molecule has 1 fully saturated rings. The van der Waals surface area contributed by atoms with Gasteiger partial charge in [0.25, 0.3) is 0 Å². The molecule has 3 aromatic carbocycles. The highest BCUT2D eigenvalue weighted by molar-refractivity contribution is 5.71. The van der Waals surface area contributed by atoms with Gasteiger partial charge in [-0.05, 0) is 35.2 Å². The van der Waals surface area contributed by atoms with E-state index < -0.39 is 0 Å². The molecule has 1 atom stereocenters. The average Bonchev–Trinajstić information content (AvgIpc) is 3.41. The average molecular weight is 303 g/mol. The molecule has 23 heavy (non-hydrogen) atoms. The molecule has 0 aliphatic carbocycles. The highest BCUT2D eigenvalue weighted by Crippen LogP contribution is 2.29. The van der Waals surface area contributed by atoms with Crippen molar-refractivity contribution in [3.05, 3.63) is 83.7 Å². The summed E-state index contributed by atoms with van der Waals surface area (Å²) in [6, 6.07) is 22.3. The Kier molecular flexibility index (Phi) is 3.47. The number of benzene rings is 3. The maximum atomic E-state index is 14.5. The van der Waals surface area contributed by atoms with E-state index in [0.29, 0.717) is 11.6 Å². The van der Waals surface area contributed by atoms with Crippen molar-refractivity contribution in [3.63, 3.8) is 0 Å². The molecule has 0 spiro atoms. The fourth-order valence-electron chi connectivity index (χ4n) is 2.86. The Balaban J connectivity index is 1.65. The van der Waals surface area contributed by atoms with Crippen LogP contribution in [0.2, 0.25) is 0 Å². The summed E-state index contributed by atoms with van der Waals surface area (Å²) in [6.07, 6.45) is 0. The van der Waals surface area contributed by atoms with Gasteiger partial charge in [0, 0.05) is 18.2 Å². The highest BCUT2D eigenvalue weighted by atomic mass is 19.1. The Morgan fingerprint density at radius 2 is 1.43 bits per heavy atom. The second kappa shape index (κ2) is 5.64. The molecule has 1 saturated heterocycles. The molecule has 0 aromatic heterocycles. The van der Waals surface area contributed by atoms with E-state index in [4.69, 9.17) is 0 Å². The lowest BCUT2D eigenvalue weighted by molar-refractivity contribution is 0.632. The molecule has 1 unspecified atom stereocenters. The molecular formula is C21H18FN. The summed E-state index contributed by atoms with van der Waals surface area (Å²) in [5.74, 6) is -0.181. The van der Waals surface area contributed by atoms with Crippen molar-refractivity contribution in [2.75, 3.05) is 6.54 Å². The molecule has 0 radical (unpaired) electrons. The second-order valence-electron chi connectivity index (χ2n) is 6.14. The Labute approximate surface area is 135 Å². The predicted octanol–water partition coefficient (Wildman–Crippen LogP) is 5.11. The van der Waals surface area contributed by atoms with E-state index in [1.807, 2.05) is 43.3 Å². The summed E-state index contributed by atoms with van der Waals surface area (Å²) in [4.78, 5) is 0. The lowest BCUT2D eigenvalue weighted by Crippen LogP contribution is -1.88. The Morgan fingerprint density at radius 3 is 2.04 bits per heavy atom. The molecule has 2 heteroatoms. The lowest BCUT2D eigenvalue weighted by atomic mass is 9.98. The quantitative estimate of drug-likeness (QED) is 0.667. The van der Waals surface area contributed by atoms with Crippen LogP contribution in [0.3, 0.4) is 0 Å². The van der Waals surface area contributed by atoms with Crippen molar-refractivity contribution in [1.82, 2.24) is 5.32 Å². The fourth-order valence-corrected chi connectivity index (χ4v) is 2.86. The van der Waals surface area contributed by atoms with Crippen LogP contribution in [0.4, 0.5) is 4.39 Å². The van der Waals surface area contributed by atoms with Crippen molar-refractivity contribution in [1.29, 1.82) is 0 Å². The number of rotatable bonds is 3. The first-order valence-electron chi connectivity index (χ1n) is 7.91. The number of hydrogen-bond donors (Lipinski definition) is 1. The zero-order valence-electron chi connectivity index (χ0n) is 13.0. The van der Waals surface area contributed by atoms with Gasteiger partial charge in [-0.3, -0.25) is 0 Å². The SMILES string of the molecule is Cc1ccc(-c2ccc(-c3ccc(C4CN4)cc3)cc2F)cc1. The van der Waals surface area contributed by atoms with Gasteiger partial charge in [0.05, 0.1) is 0 Å². The van der Waals surface area contributed by atoms with Crippen LogP contribution in [-0.4, -0.2) is 6.54 Å². The highest BCUT2D eigenvalue weighted by Gasteiger charge is 2.21. The van der Waals surface area contributed by atoms with Crippen LogP contribution < -0.4 is 5.32 Å². The third-order valence-corrected chi connectivity index (χ3v) is 4.39. The van der Waals surface area contributed by atoms with Crippen molar-refractivity contribution < 1.29 is 4.39 Å². The molecular weight excluding hydrogens is 285 g/mol. The van der Waals surface area contributed by atoms with Gasteiger partial charge in [0.2, 0.25) is 0 Å². The predicted molar refractivity (Wildman–Crippen MR) is 92.8 cm³/mol. The van der Waals surface area contributed by atoms with E-state index in [1.165, 1.54) is 11.1 Å². The smallest absolute Gasteiger partial charge is 0.131 e. The van der Waals surface area contributed by atoms with Gasteiger partial charge in [0.15, 0.2) is 0 Å². The van der Waals surface area contributed by atoms with Crippen molar-refractivity contribution in [2.45, 2.75) is 13.0 Å². The van der Waals surface area contributed by atoms with Crippen LogP contribution in [0.1, 0.15) is 17.2 Å². The molecule has 1 N–H and O–H groups in total. The van der Waals surface area contributed by atoms with E-state index in [1.54, 1.807) is 6.07 Å². The maximum absolute atomic E-state index is 14.5. The standard InChI is InChI=1S/C21H18FN/c1-14-2-4-16(5-3-14)19-11-10-18(12-20(19)22)15-6-8-17(9-7-15)21-13-23-21/h2-12,21,23H,13H2,1H3. The van der Waals surface area contributed by atoms with E-state index in [2.05, 4.69) is 29.6 Å². The van der Waals surface area contributed by atoms with Gasteiger partial charge < -0.3 is 5.32 Å². The minimum atomic E-state index is -0.181. The molecule has 1 heterocycles. The lowest BCUT2D eigenvalue weighted by Gasteiger charge is -2.08. The van der Waals surface area contributed by atoms with Gasteiger partial charge in [-0.25, -0.2) is 4.39 Å². The minimum Gasteiger partial charge on any atom is -0.307 e. The first kappa shape index (κ1) is 14.2. The molecule has 3 aromatic rings. The van der Waals surface area contributed by atoms with Gasteiger partial charge in [0.1, 0.15) is 5.82 Å². The molecule has 4 rings (SSSR count). The number of halogens is 1. The molecule has 1 aliphatic rings. The number of hydrogen-bond acceptors (Lipinski definition) is 1. The summed E-state index contributed by atoms with van der Waals surface area (Å²) in [5.41, 5.74) is 5.99. The first-order chi connectivity index (χ1) is 11.2. The molecule has 0 amide bonds. The molecule has 0 bridgehead atoms. The molecule has 0 saturated carbocycles. The van der Waals surface area contributed by atoms with Crippen LogP contribution in [0.15, 0.2) is 66.7 Å². The molecule has 114 valence electrons. The fraction of sp³-hybridized carbons (Fsp3) is 0.143. The zero-order valence-corrected chi connectivity index (χ0v) is 13.0. The third kappa shape index (κ3) is 2.90. The normalized spacial score (nSPS) is 16.3. The summed E-state index contributed by atoms with van der Waals surface area (Å²) < 4.78 is 14.5. The summed E-state index contributed by atoms with van der Waals surface area (Å²) in [5, 5.41) is 3.29. The number of aryl methyl sites for hydroxylation is 1. The van der Waals surface area contributed by atoms with Gasteiger partial charge in [-0.15, -0.1) is 0 Å². The molecule has 1 nitrogen and oxygen atoms in total. The largest absolute Gasteiger partial charge is 0.307 e. The van der Waals surface area contributed by atoms with E-state index in [0.717, 1.165) is 23.2 Å². The second-order valence-corrected chi connectivity index (χ2v) is 6.14. The van der Waals surface area contributed by atoms with Crippen molar-refractivity contribution in [3.8, 4) is 22.3 Å². The summed E-state index contributed by atoms with van der Waals surface area (Å²) in [6.45, 7) is 3.09. The van der Waals surface area contributed by atoms with Crippen LogP contribution >= 0.6 is 0 Å². The maximum Gasteiger partial charge on any atom is 0.131 e. The Morgan fingerprint density at radius 1 is 0.826 bits per heavy atom. The monoisotopic (exact) mass is 303 g/mol. The number of nitrogens with one attached hydrogen (secondary N) is 1. The van der Waals surface area contributed by atoms with Gasteiger partial charge in [-0.2, -0.15) is 0 Å². The van der Waals surface area contributed by atoms with Gasteiger partial charge in [-0.1, -0.05) is 66.2 Å². The Bertz CT molecular complexity index is 831. The van der Waals surface area contributed by atoms with Crippen LogP contribution in [-0.2, 0) is 0 Å². The summed E-state index contributed by atoms with van der Waals surface area (Å²) >= 11 is 0. The van der Waals surface area contributed by atoms with E-state index in [9.17, 15) is 4.39 Å². The van der Waals surface area contributed by atoms with E-state index in [-0.39, 0.29) is 5.82 Å². The zero-order chi connectivity index (χ0) is 15.8. The van der Waals surface area contributed by atoms with Crippen LogP contribution in [0.25, 0.3) is 22.3 Å². The Hall–Kier alpha value is -2.45. The van der Waals surface area contributed by atoms with Gasteiger partial charge >= 0.3 is 0 Å². The summed E-state index contributed by atoms with van der Waals surface area (Å²) in [7, 11) is 0. The topological polar surface area (TPSA) is 21.9 Å². The van der Waals surface area contributed by atoms with Crippen LogP contribution in [0.5, 0.6) is 0 Å². The minimum absolute atomic E-state index is 0.181. The third-order valence-electron chi connectivity index (χ3n) is 4.39. The first-order valence-corrected chi connectivity index (χ1v) is 7.91. The van der Waals surface area contributed by atoms with Crippen molar-refractivity contribution >= 4 is 0 Å². The van der Waals surface area contributed by atoms with Crippen molar-refractivity contribution in [2.24, 2.45) is 0 Å². The van der Waals surface area contributed by atoms with Crippen LogP contribution in [0, 0.1) is 12.7 Å². The van der Waals surface area contributed by atoms with E-state index >= 15 is 0 Å².